The first-order valence-electron chi connectivity index (χ1n) is 7.42. The van der Waals surface area contributed by atoms with E-state index in [2.05, 4.69) is 5.32 Å². The number of carbonyl (C=O) groups is 2. The lowest BCUT2D eigenvalue weighted by Crippen LogP contribution is -2.44. The lowest BCUT2D eigenvalue weighted by Gasteiger charge is -2.23. The molecule has 21 heavy (non-hydrogen) atoms. The molecule has 1 saturated heterocycles. The van der Waals surface area contributed by atoms with E-state index in [1.165, 1.54) is 0 Å². The molecular weight excluding hydrogens is 276 g/mol. The molecule has 1 rings (SSSR count). The molecule has 1 aliphatic heterocycles. The zero-order chi connectivity index (χ0) is 15.7. The number of carboxylic acids is 1. The van der Waals surface area contributed by atoms with Gasteiger partial charge in [-0.2, -0.15) is 0 Å². The first-order valence-corrected chi connectivity index (χ1v) is 7.42. The third kappa shape index (κ3) is 5.89. The van der Waals surface area contributed by atoms with Gasteiger partial charge in [0, 0.05) is 32.8 Å². The van der Waals surface area contributed by atoms with E-state index in [0.29, 0.717) is 39.3 Å². The average molecular weight is 302 g/mol. The van der Waals surface area contributed by atoms with Crippen LogP contribution in [0.3, 0.4) is 0 Å². The first-order chi connectivity index (χ1) is 10.1. The maximum atomic E-state index is 12.0. The average Bonchev–Trinajstić information content (AvgIpc) is 2.83. The summed E-state index contributed by atoms with van der Waals surface area (Å²) in [6.45, 7) is 4.70. The lowest BCUT2D eigenvalue weighted by atomic mass is 10.0. The molecule has 122 valence electrons. The number of hydrogen-bond donors (Lipinski definition) is 2. The van der Waals surface area contributed by atoms with E-state index in [4.69, 9.17) is 14.6 Å². The Kier molecular flexibility index (Phi) is 8.07. The second kappa shape index (κ2) is 9.57. The van der Waals surface area contributed by atoms with Crippen LogP contribution in [0.2, 0.25) is 0 Å². The van der Waals surface area contributed by atoms with Crippen molar-refractivity contribution < 1.29 is 24.2 Å². The van der Waals surface area contributed by atoms with Crippen molar-refractivity contribution in [3.05, 3.63) is 0 Å². The van der Waals surface area contributed by atoms with Gasteiger partial charge in [0.25, 0.3) is 0 Å². The van der Waals surface area contributed by atoms with Crippen LogP contribution in [0.25, 0.3) is 0 Å². The molecule has 1 aliphatic rings. The Morgan fingerprint density at radius 3 is 2.67 bits per heavy atom. The number of amides is 2. The zero-order valence-electron chi connectivity index (χ0n) is 12.8. The molecule has 0 aromatic heterocycles. The van der Waals surface area contributed by atoms with Crippen molar-refractivity contribution >= 4 is 12.0 Å². The van der Waals surface area contributed by atoms with Gasteiger partial charge in [-0.15, -0.1) is 0 Å². The Bertz CT molecular complexity index is 337. The summed E-state index contributed by atoms with van der Waals surface area (Å²) in [6, 6.07) is -0.425. The van der Waals surface area contributed by atoms with Crippen LogP contribution in [-0.4, -0.2) is 68.1 Å². The smallest absolute Gasteiger partial charge is 0.317 e. The van der Waals surface area contributed by atoms with Crippen LogP contribution in [0, 0.1) is 5.92 Å². The van der Waals surface area contributed by atoms with E-state index in [1.54, 1.807) is 18.9 Å². The highest BCUT2D eigenvalue weighted by Gasteiger charge is 2.37. The van der Waals surface area contributed by atoms with Crippen molar-refractivity contribution in [3.8, 4) is 0 Å². The molecule has 0 aromatic carbocycles. The van der Waals surface area contributed by atoms with Crippen LogP contribution in [0.5, 0.6) is 0 Å². The van der Waals surface area contributed by atoms with Gasteiger partial charge in [-0.3, -0.25) is 4.79 Å². The number of nitrogens with zero attached hydrogens (tertiary/aromatic N) is 1. The number of methoxy groups -OCH3 is 1. The molecule has 2 unspecified atom stereocenters. The normalized spacial score (nSPS) is 21.5. The number of likely N-dealkylation sites (tertiary alicyclic amines) is 1. The maximum Gasteiger partial charge on any atom is 0.317 e. The van der Waals surface area contributed by atoms with Gasteiger partial charge >= 0.3 is 12.0 Å². The van der Waals surface area contributed by atoms with Crippen LogP contribution >= 0.6 is 0 Å². The van der Waals surface area contributed by atoms with Crippen LogP contribution in [0.1, 0.15) is 26.2 Å². The predicted octanol–water partition coefficient (Wildman–Crippen LogP) is 0.934. The minimum absolute atomic E-state index is 0.174. The summed E-state index contributed by atoms with van der Waals surface area (Å²) in [5, 5.41) is 11.9. The van der Waals surface area contributed by atoms with Crippen LogP contribution in [0.4, 0.5) is 4.79 Å². The minimum atomic E-state index is -0.828. The molecular formula is C14H26N2O5. The van der Waals surface area contributed by atoms with Gasteiger partial charge in [-0.25, -0.2) is 4.79 Å². The van der Waals surface area contributed by atoms with Crippen LogP contribution in [-0.2, 0) is 14.3 Å². The number of aliphatic carboxylic acids is 1. The second-order valence-electron chi connectivity index (χ2n) is 5.21. The topological polar surface area (TPSA) is 88.1 Å². The number of carboxylic acid groups (broad SMARTS) is 1. The molecule has 0 spiro atoms. The number of rotatable bonds is 9. The summed E-state index contributed by atoms with van der Waals surface area (Å²) < 4.78 is 10.2. The summed E-state index contributed by atoms with van der Waals surface area (Å²) in [5.74, 6) is -1.28. The summed E-state index contributed by atoms with van der Waals surface area (Å²) in [7, 11) is 1.63. The molecule has 0 aromatic rings. The van der Waals surface area contributed by atoms with E-state index >= 15 is 0 Å². The van der Waals surface area contributed by atoms with E-state index in [1.807, 2.05) is 0 Å². The van der Waals surface area contributed by atoms with E-state index in [-0.39, 0.29) is 12.1 Å². The Balaban J connectivity index is 2.10. The maximum absolute atomic E-state index is 12.0. The van der Waals surface area contributed by atoms with Crippen molar-refractivity contribution in [3.63, 3.8) is 0 Å². The Labute approximate surface area is 125 Å². The SMILES string of the molecule is COCCOCCCCNC(=O)N1CCC(C(=O)O)C1C. The molecule has 2 atom stereocenters. The third-order valence-electron chi connectivity index (χ3n) is 3.76. The number of nitrogens with one attached hydrogen (secondary N) is 1. The summed E-state index contributed by atoms with van der Waals surface area (Å²) in [4.78, 5) is 24.6. The van der Waals surface area contributed by atoms with Crippen LogP contribution < -0.4 is 5.32 Å². The molecule has 7 heteroatoms. The largest absolute Gasteiger partial charge is 0.481 e. The molecule has 0 bridgehead atoms. The van der Waals surface area contributed by atoms with Gasteiger partial charge < -0.3 is 24.8 Å². The first kappa shape index (κ1) is 17.7. The van der Waals surface area contributed by atoms with Gasteiger partial charge in [0.2, 0.25) is 0 Å². The molecule has 1 fully saturated rings. The molecule has 7 nitrogen and oxygen atoms in total. The summed E-state index contributed by atoms with van der Waals surface area (Å²) >= 11 is 0. The van der Waals surface area contributed by atoms with Crippen molar-refractivity contribution in [2.45, 2.75) is 32.2 Å². The quantitative estimate of drug-likeness (QED) is 0.619. The lowest BCUT2D eigenvalue weighted by molar-refractivity contribution is -0.142. The van der Waals surface area contributed by atoms with E-state index < -0.39 is 11.9 Å². The predicted molar refractivity (Wildman–Crippen MR) is 77.2 cm³/mol. The van der Waals surface area contributed by atoms with Gasteiger partial charge in [0.1, 0.15) is 0 Å². The van der Waals surface area contributed by atoms with Crippen LogP contribution in [0.15, 0.2) is 0 Å². The fourth-order valence-corrected chi connectivity index (χ4v) is 2.43. The van der Waals surface area contributed by atoms with Gasteiger partial charge in [0.05, 0.1) is 19.1 Å². The highest BCUT2D eigenvalue weighted by molar-refractivity contribution is 5.78. The van der Waals surface area contributed by atoms with Crippen molar-refractivity contribution in [2.75, 3.05) is 40.0 Å². The number of urea groups is 1. The van der Waals surface area contributed by atoms with Crippen molar-refractivity contribution in [2.24, 2.45) is 5.92 Å². The van der Waals surface area contributed by atoms with Crippen molar-refractivity contribution in [1.82, 2.24) is 10.2 Å². The summed E-state index contributed by atoms with van der Waals surface area (Å²) in [5.41, 5.74) is 0. The highest BCUT2D eigenvalue weighted by Crippen LogP contribution is 2.24. The van der Waals surface area contributed by atoms with E-state index in [0.717, 1.165) is 12.8 Å². The highest BCUT2D eigenvalue weighted by atomic mass is 16.5. The van der Waals surface area contributed by atoms with Gasteiger partial charge in [-0.05, 0) is 26.2 Å². The number of unbranched alkanes of at least 4 members (excludes halogenated alkanes) is 1. The minimum Gasteiger partial charge on any atom is -0.481 e. The standard InChI is InChI=1S/C14H26N2O5/c1-11-12(13(17)18)5-7-16(11)14(19)15-6-3-4-8-21-10-9-20-2/h11-12H,3-10H2,1-2H3,(H,15,19)(H,17,18). The Hall–Kier alpha value is -1.34. The molecule has 0 aliphatic carbocycles. The van der Waals surface area contributed by atoms with Gasteiger partial charge in [0.15, 0.2) is 0 Å². The molecule has 0 radical (unpaired) electrons. The Morgan fingerprint density at radius 1 is 1.29 bits per heavy atom. The molecule has 1 heterocycles. The number of hydrogen-bond acceptors (Lipinski definition) is 4. The monoisotopic (exact) mass is 302 g/mol. The fraction of sp³-hybridized carbons (Fsp3) is 0.857. The molecule has 0 saturated carbocycles. The zero-order valence-corrected chi connectivity index (χ0v) is 12.8. The second-order valence-corrected chi connectivity index (χ2v) is 5.21. The number of carbonyl (C=O) groups excluding carboxylic acids is 1. The van der Waals surface area contributed by atoms with E-state index in [9.17, 15) is 9.59 Å². The molecule has 2 N–H and O–H groups in total. The summed E-state index contributed by atoms with van der Waals surface area (Å²) in [6.07, 6.45) is 2.23. The fourth-order valence-electron chi connectivity index (χ4n) is 2.43. The van der Waals surface area contributed by atoms with Gasteiger partial charge in [-0.1, -0.05) is 0 Å². The molecule has 2 amide bonds. The Morgan fingerprint density at radius 2 is 2.05 bits per heavy atom. The number of ether oxygens (including phenoxy) is 2. The third-order valence-corrected chi connectivity index (χ3v) is 3.76. The van der Waals surface area contributed by atoms with Crippen molar-refractivity contribution in [1.29, 1.82) is 0 Å².